The van der Waals surface area contributed by atoms with Crippen molar-refractivity contribution in [2.24, 2.45) is 5.10 Å². The molecule has 0 heterocycles. The molecule has 6 nitrogen and oxygen atoms in total. The Balaban J connectivity index is 1.87. The molecule has 3 aromatic rings. The minimum Gasteiger partial charge on any atom is -0.271 e. The molecule has 3 aromatic carbocycles. The Morgan fingerprint density at radius 3 is 2.22 bits per heavy atom. The third-order valence-electron chi connectivity index (χ3n) is 4.79. The van der Waals surface area contributed by atoms with E-state index in [4.69, 9.17) is 0 Å². The average Bonchev–Trinajstić information content (AvgIpc) is 2.74. The van der Waals surface area contributed by atoms with Crippen LogP contribution in [0.3, 0.4) is 0 Å². The second-order valence-corrected chi connectivity index (χ2v) is 9.32. The number of hydrazone groups is 1. The minimum absolute atomic E-state index is 0.0886. The largest absolute Gasteiger partial charge is 0.271 e. The van der Waals surface area contributed by atoms with Crippen molar-refractivity contribution in [2.75, 3.05) is 10.8 Å². The van der Waals surface area contributed by atoms with E-state index in [2.05, 4.69) is 10.5 Å². The van der Waals surface area contributed by atoms with Gasteiger partial charge in [-0.05, 0) is 62.2 Å². The maximum atomic E-state index is 13.4. The van der Waals surface area contributed by atoms with Crippen molar-refractivity contribution in [2.45, 2.75) is 25.7 Å². The van der Waals surface area contributed by atoms with Gasteiger partial charge in [-0.25, -0.2) is 18.2 Å². The van der Waals surface area contributed by atoms with Crippen LogP contribution >= 0.6 is 0 Å². The second-order valence-electron chi connectivity index (χ2n) is 7.46. The van der Waals surface area contributed by atoms with Gasteiger partial charge in [0.25, 0.3) is 15.9 Å². The number of amides is 1. The third kappa shape index (κ3) is 5.59. The highest BCUT2D eigenvalue weighted by atomic mass is 32.2. The van der Waals surface area contributed by atoms with E-state index in [0.29, 0.717) is 11.3 Å². The van der Waals surface area contributed by atoms with Crippen molar-refractivity contribution in [3.63, 3.8) is 0 Å². The second kappa shape index (κ2) is 9.74. The van der Waals surface area contributed by atoms with E-state index in [-0.39, 0.29) is 10.7 Å². The van der Waals surface area contributed by atoms with Gasteiger partial charge in [0.15, 0.2) is 0 Å². The highest BCUT2D eigenvalue weighted by molar-refractivity contribution is 7.92. The number of anilines is 1. The Bertz CT molecular complexity index is 1240. The lowest BCUT2D eigenvalue weighted by molar-refractivity contribution is -0.119. The molecule has 0 spiro atoms. The molecule has 0 saturated carbocycles. The number of aryl methyl sites for hydroxylation is 3. The van der Waals surface area contributed by atoms with E-state index in [1.807, 2.05) is 19.9 Å². The van der Waals surface area contributed by atoms with E-state index < -0.39 is 22.5 Å². The summed E-state index contributed by atoms with van der Waals surface area (Å²) in [5, 5.41) is 3.85. The zero-order chi connectivity index (χ0) is 23.3. The van der Waals surface area contributed by atoms with E-state index in [9.17, 15) is 17.6 Å². The first-order valence-electron chi connectivity index (χ1n) is 9.91. The number of nitrogens with one attached hydrogen (secondary N) is 1. The fourth-order valence-electron chi connectivity index (χ4n) is 3.12. The van der Waals surface area contributed by atoms with E-state index in [1.54, 1.807) is 31.2 Å². The van der Waals surface area contributed by atoms with Gasteiger partial charge in [0.05, 0.1) is 16.8 Å². The highest BCUT2D eigenvalue weighted by Crippen LogP contribution is 2.27. The van der Waals surface area contributed by atoms with Crippen molar-refractivity contribution in [3.05, 3.63) is 94.8 Å². The minimum atomic E-state index is -4.00. The van der Waals surface area contributed by atoms with Crippen molar-refractivity contribution in [1.82, 2.24) is 5.43 Å². The first-order valence-corrected chi connectivity index (χ1v) is 11.3. The van der Waals surface area contributed by atoms with Crippen LogP contribution in [0.15, 0.2) is 76.7 Å². The van der Waals surface area contributed by atoms with Crippen LogP contribution in [0.1, 0.15) is 22.3 Å². The lowest BCUT2D eigenvalue weighted by Gasteiger charge is -2.25. The molecule has 32 heavy (non-hydrogen) atoms. The molecule has 0 aliphatic rings. The summed E-state index contributed by atoms with van der Waals surface area (Å²) in [6.07, 6.45) is 1.35. The number of benzene rings is 3. The number of carbonyl (C=O) groups is 1. The standard InChI is InChI=1S/C24H24FN3O3S/c1-17-4-11-22(12-5-17)32(30,31)28(23-13-6-18(2)14-19(23)3)16-24(29)27-26-15-20-7-9-21(25)10-8-20/h4-15H,16H2,1-3H3,(H,27,29)/b26-15-. The summed E-state index contributed by atoms with van der Waals surface area (Å²) in [5.74, 6) is -0.990. The normalized spacial score (nSPS) is 11.5. The molecule has 0 saturated heterocycles. The summed E-state index contributed by atoms with van der Waals surface area (Å²) in [6, 6.07) is 17.4. The van der Waals surface area contributed by atoms with Crippen molar-refractivity contribution in [3.8, 4) is 0 Å². The molecular formula is C24H24FN3O3S. The molecule has 0 fully saturated rings. The number of nitrogens with zero attached hydrogens (tertiary/aromatic N) is 2. The van der Waals surface area contributed by atoms with E-state index in [1.165, 1.54) is 42.6 Å². The molecule has 0 unspecified atom stereocenters. The van der Waals surface area contributed by atoms with Crippen LogP contribution in [-0.2, 0) is 14.8 Å². The van der Waals surface area contributed by atoms with Gasteiger partial charge in [0, 0.05) is 0 Å². The summed E-state index contributed by atoms with van der Waals surface area (Å²) >= 11 is 0. The number of sulfonamides is 1. The molecule has 0 aromatic heterocycles. The predicted octanol–water partition coefficient (Wildman–Crippen LogP) is 4.10. The lowest BCUT2D eigenvalue weighted by Crippen LogP contribution is -2.40. The maximum absolute atomic E-state index is 13.4. The summed E-state index contributed by atoms with van der Waals surface area (Å²) in [4.78, 5) is 12.7. The van der Waals surface area contributed by atoms with Crippen molar-refractivity contribution in [1.29, 1.82) is 0 Å². The Morgan fingerprint density at radius 2 is 1.59 bits per heavy atom. The Morgan fingerprint density at radius 1 is 0.969 bits per heavy atom. The van der Waals surface area contributed by atoms with Gasteiger partial charge in [0.1, 0.15) is 12.4 Å². The Kier molecular flexibility index (Phi) is 7.05. The SMILES string of the molecule is Cc1ccc(S(=O)(=O)N(CC(=O)N/N=C\c2ccc(F)cc2)c2ccc(C)cc2C)cc1. The average molecular weight is 454 g/mol. The number of hydrogen-bond acceptors (Lipinski definition) is 4. The molecule has 0 aliphatic carbocycles. The zero-order valence-corrected chi connectivity index (χ0v) is 18.9. The highest BCUT2D eigenvalue weighted by Gasteiger charge is 2.28. The van der Waals surface area contributed by atoms with Crippen LogP contribution in [0, 0.1) is 26.6 Å². The summed E-state index contributed by atoms with van der Waals surface area (Å²) < 4.78 is 40.9. The molecule has 0 atom stereocenters. The molecule has 0 radical (unpaired) electrons. The van der Waals surface area contributed by atoms with Crippen LogP contribution < -0.4 is 9.73 Å². The van der Waals surface area contributed by atoms with Gasteiger partial charge in [0.2, 0.25) is 0 Å². The smallest absolute Gasteiger partial charge is 0.264 e. The lowest BCUT2D eigenvalue weighted by atomic mass is 10.1. The van der Waals surface area contributed by atoms with Gasteiger partial charge in [-0.15, -0.1) is 0 Å². The first kappa shape index (κ1) is 23.1. The number of hydrogen-bond donors (Lipinski definition) is 1. The summed E-state index contributed by atoms with van der Waals surface area (Å²) in [5.41, 5.74) is 5.97. The van der Waals surface area contributed by atoms with Gasteiger partial charge in [-0.1, -0.05) is 47.5 Å². The van der Waals surface area contributed by atoms with Crippen molar-refractivity contribution < 1.29 is 17.6 Å². The molecule has 3 rings (SSSR count). The quantitative estimate of drug-likeness (QED) is 0.432. The molecule has 0 aliphatic heterocycles. The van der Waals surface area contributed by atoms with Crippen LogP contribution in [0.25, 0.3) is 0 Å². The fourth-order valence-corrected chi connectivity index (χ4v) is 4.60. The number of halogens is 1. The van der Waals surface area contributed by atoms with Gasteiger partial charge >= 0.3 is 0 Å². The molecule has 1 N–H and O–H groups in total. The van der Waals surface area contributed by atoms with Crippen LogP contribution in [0.2, 0.25) is 0 Å². The molecule has 1 amide bonds. The monoisotopic (exact) mass is 453 g/mol. The van der Waals surface area contributed by atoms with Crippen molar-refractivity contribution >= 4 is 27.8 Å². The number of rotatable bonds is 7. The topological polar surface area (TPSA) is 78.8 Å². The van der Waals surface area contributed by atoms with Gasteiger partial charge < -0.3 is 0 Å². The maximum Gasteiger partial charge on any atom is 0.264 e. The fraction of sp³-hybridized carbons (Fsp3) is 0.167. The summed E-state index contributed by atoms with van der Waals surface area (Å²) in [6.45, 7) is 5.11. The van der Waals surface area contributed by atoms with Crippen LogP contribution in [-0.4, -0.2) is 27.1 Å². The molecular weight excluding hydrogens is 429 g/mol. The zero-order valence-electron chi connectivity index (χ0n) is 18.0. The first-order chi connectivity index (χ1) is 15.2. The molecule has 166 valence electrons. The van der Waals surface area contributed by atoms with E-state index in [0.717, 1.165) is 21.0 Å². The van der Waals surface area contributed by atoms with E-state index >= 15 is 0 Å². The Labute approximate surface area is 187 Å². The Hall–Kier alpha value is -3.52. The van der Waals surface area contributed by atoms with Gasteiger partial charge in [-0.2, -0.15) is 5.10 Å². The third-order valence-corrected chi connectivity index (χ3v) is 6.56. The number of carbonyl (C=O) groups excluding carboxylic acids is 1. The van der Waals surface area contributed by atoms with Crippen LogP contribution in [0.5, 0.6) is 0 Å². The summed E-state index contributed by atoms with van der Waals surface area (Å²) in [7, 11) is -4.00. The molecule has 8 heteroatoms. The van der Waals surface area contributed by atoms with Crippen LogP contribution in [0.4, 0.5) is 10.1 Å². The predicted molar refractivity (Wildman–Crippen MR) is 124 cm³/mol. The van der Waals surface area contributed by atoms with Gasteiger partial charge in [-0.3, -0.25) is 9.10 Å². The molecule has 0 bridgehead atoms.